The highest BCUT2D eigenvalue weighted by molar-refractivity contribution is 7.11. The second-order valence-electron chi connectivity index (χ2n) is 5.06. The molecule has 1 aliphatic rings. The van der Waals surface area contributed by atoms with Gasteiger partial charge in [-0.2, -0.15) is 0 Å². The molecular formula is C16H20N2OS. The van der Waals surface area contributed by atoms with Gasteiger partial charge in [0.2, 0.25) is 0 Å². The van der Waals surface area contributed by atoms with Crippen molar-refractivity contribution in [2.24, 2.45) is 0 Å². The molecule has 0 bridgehead atoms. The zero-order valence-electron chi connectivity index (χ0n) is 12.0. The van der Waals surface area contributed by atoms with E-state index in [1.54, 1.807) is 11.3 Å². The van der Waals surface area contributed by atoms with Gasteiger partial charge in [-0.05, 0) is 31.9 Å². The van der Waals surface area contributed by atoms with Crippen LogP contribution in [-0.2, 0) is 6.42 Å². The van der Waals surface area contributed by atoms with Crippen LogP contribution in [0.4, 0.5) is 0 Å². The SMILES string of the molecule is CCNC(c1cnc(C)s1)c1cccc2c1OCCC2. The van der Waals surface area contributed by atoms with Crippen molar-refractivity contribution in [3.05, 3.63) is 45.4 Å². The molecule has 1 atom stereocenters. The van der Waals surface area contributed by atoms with Crippen LogP contribution in [0.2, 0.25) is 0 Å². The summed E-state index contributed by atoms with van der Waals surface area (Å²) >= 11 is 1.75. The third kappa shape index (κ3) is 2.58. The molecule has 4 heteroatoms. The summed E-state index contributed by atoms with van der Waals surface area (Å²) in [5.41, 5.74) is 2.57. The van der Waals surface area contributed by atoms with E-state index in [9.17, 15) is 0 Å². The van der Waals surface area contributed by atoms with Crippen LogP contribution in [0.15, 0.2) is 24.4 Å². The van der Waals surface area contributed by atoms with E-state index in [0.717, 1.165) is 36.8 Å². The van der Waals surface area contributed by atoms with E-state index in [1.165, 1.54) is 16.0 Å². The third-order valence-corrected chi connectivity index (χ3v) is 4.58. The highest BCUT2D eigenvalue weighted by Gasteiger charge is 2.23. The Hall–Kier alpha value is -1.39. The number of nitrogens with zero attached hydrogens (tertiary/aromatic N) is 1. The maximum atomic E-state index is 5.95. The van der Waals surface area contributed by atoms with Crippen LogP contribution in [0.1, 0.15) is 40.4 Å². The molecule has 1 aromatic carbocycles. The van der Waals surface area contributed by atoms with Gasteiger partial charge in [0.25, 0.3) is 0 Å². The van der Waals surface area contributed by atoms with Gasteiger partial charge < -0.3 is 10.1 Å². The number of rotatable bonds is 4. The normalized spacial score (nSPS) is 15.5. The van der Waals surface area contributed by atoms with Crippen molar-refractivity contribution in [2.75, 3.05) is 13.2 Å². The summed E-state index contributed by atoms with van der Waals surface area (Å²) in [4.78, 5) is 5.65. The molecular weight excluding hydrogens is 268 g/mol. The highest BCUT2D eigenvalue weighted by Crippen LogP contribution is 2.37. The number of thiazole rings is 1. The summed E-state index contributed by atoms with van der Waals surface area (Å²) < 4.78 is 5.95. The molecule has 0 fully saturated rings. The highest BCUT2D eigenvalue weighted by atomic mass is 32.1. The number of aromatic nitrogens is 1. The number of nitrogens with one attached hydrogen (secondary N) is 1. The first-order chi connectivity index (χ1) is 9.79. The molecule has 3 nitrogen and oxygen atoms in total. The lowest BCUT2D eigenvalue weighted by atomic mass is 9.97. The van der Waals surface area contributed by atoms with Crippen LogP contribution >= 0.6 is 11.3 Å². The predicted molar refractivity (Wildman–Crippen MR) is 82.6 cm³/mol. The van der Waals surface area contributed by atoms with E-state index < -0.39 is 0 Å². The van der Waals surface area contributed by atoms with Crippen LogP contribution < -0.4 is 10.1 Å². The van der Waals surface area contributed by atoms with Crippen molar-refractivity contribution >= 4 is 11.3 Å². The second kappa shape index (κ2) is 5.94. The van der Waals surface area contributed by atoms with Crippen LogP contribution in [0, 0.1) is 6.92 Å². The second-order valence-corrected chi connectivity index (χ2v) is 6.33. The summed E-state index contributed by atoms with van der Waals surface area (Å²) in [6.07, 6.45) is 4.21. The quantitative estimate of drug-likeness (QED) is 0.935. The first-order valence-corrected chi connectivity index (χ1v) is 8.01. The third-order valence-electron chi connectivity index (χ3n) is 3.61. The Labute approximate surface area is 124 Å². The molecule has 0 saturated heterocycles. The molecule has 1 aliphatic heterocycles. The monoisotopic (exact) mass is 288 g/mol. The average molecular weight is 288 g/mol. The maximum Gasteiger partial charge on any atom is 0.127 e. The molecule has 1 N–H and O–H groups in total. The minimum atomic E-state index is 0.180. The molecule has 0 spiro atoms. The largest absolute Gasteiger partial charge is 0.493 e. The molecule has 20 heavy (non-hydrogen) atoms. The van der Waals surface area contributed by atoms with Crippen LogP contribution in [0.3, 0.4) is 0 Å². The van der Waals surface area contributed by atoms with Gasteiger partial charge in [0.1, 0.15) is 5.75 Å². The van der Waals surface area contributed by atoms with Crippen LogP contribution in [0.5, 0.6) is 5.75 Å². The Morgan fingerprint density at radius 2 is 2.35 bits per heavy atom. The van der Waals surface area contributed by atoms with Gasteiger partial charge in [-0.25, -0.2) is 4.98 Å². The summed E-state index contributed by atoms with van der Waals surface area (Å²) in [5.74, 6) is 1.08. The summed E-state index contributed by atoms with van der Waals surface area (Å²) in [6.45, 7) is 5.93. The Morgan fingerprint density at radius 1 is 1.45 bits per heavy atom. The number of aryl methyl sites for hydroxylation is 2. The zero-order chi connectivity index (χ0) is 13.9. The van der Waals surface area contributed by atoms with Gasteiger partial charge in [-0.3, -0.25) is 0 Å². The predicted octanol–water partition coefficient (Wildman–Crippen LogP) is 3.48. The number of hydrogen-bond donors (Lipinski definition) is 1. The lowest BCUT2D eigenvalue weighted by Crippen LogP contribution is -2.23. The zero-order valence-corrected chi connectivity index (χ0v) is 12.8. The van der Waals surface area contributed by atoms with Gasteiger partial charge >= 0.3 is 0 Å². The van der Waals surface area contributed by atoms with Crippen molar-refractivity contribution in [3.8, 4) is 5.75 Å². The molecule has 0 aliphatic carbocycles. The van der Waals surface area contributed by atoms with E-state index in [4.69, 9.17) is 4.74 Å². The molecule has 1 aromatic heterocycles. The fourth-order valence-electron chi connectivity index (χ4n) is 2.72. The fourth-order valence-corrected chi connectivity index (χ4v) is 3.60. The number of fused-ring (bicyclic) bond motifs is 1. The van der Waals surface area contributed by atoms with Gasteiger partial charge in [0.05, 0.1) is 17.7 Å². The van der Waals surface area contributed by atoms with Crippen molar-refractivity contribution < 1.29 is 4.74 Å². The number of ether oxygens (including phenoxy) is 1. The lowest BCUT2D eigenvalue weighted by molar-refractivity contribution is 0.283. The van der Waals surface area contributed by atoms with E-state index in [1.807, 2.05) is 13.1 Å². The molecule has 0 saturated carbocycles. The van der Waals surface area contributed by atoms with E-state index in [-0.39, 0.29) is 6.04 Å². The molecule has 0 amide bonds. The standard InChI is InChI=1S/C16H20N2OS/c1-3-17-15(14-10-18-11(2)20-14)13-8-4-6-12-7-5-9-19-16(12)13/h4,6,8,10,15,17H,3,5,7,9H2,1-2H3. The van der Waals surface area contributed by atoms with Crippen molar-refractivity contribution in [2.45, 2.75) is 32.7 Å². The molecule has 3 rings (SSSR count). The van der Waals surface area contributed by atoms with Crippen molar-refractivity contribution in [3.63, 3.8) is 0 Å². The summed E-state index contributed by atoms with van der Waals surface area (Å²) in [7, 11) is 0. The van der Waals surface area contributed by atoms with Gasteiger partial charge in [-0.1, -0.05) is 25.1 Å². The van der Waals surface area contributed by atoms with Crippen molar-refractivity contribution in [1.29, 1.82) is 0 Å². The summed E-state index contributed by atoms with van der Waals surface area (Å²) in [6, 6.07) is 6.67. The molecule has 2 heterocycles. The number of hydrogen-bond acceptors (Lipinski definition) is 4. The minimum absolute atomic E-state index is 0.180. The maximum absolute atomic E-state index is 5.95. The summed E-state index contributed by atoms with van der Waals surface area (Å²) in [5, 5.41) is 4.67. The van der Waals surface area contributed by atoms with E-state index >= 15 is 0 Å². The van der Waals surface area contributed by atoms with Crippen LogP contribution in [-0.4, -0.2) is 18.1 Å². The van der Waals surface area contributed by atoms with Gasteiger partial charge in [0.15, 0.2) is 0 Å². The molecule has 106 valence electrons. The Bertz CT molecular complexity index is 594. The topological polar surface area (TPSA) is 34.2 Å². The van der Waals surface area contributed by atoms with E-state index in [0.29, 0.717) is 0 Å². The lowest BCUT2D eigenvalue weighted by Gasteiger charge is -2.25. The first-order valence-electron chi connectivity index (χ1n) is 7.20. The average Bonchev–Trinajstić information content (AvgIpc) is 2.91. The smallest absolute Gasteiger partial charge is 0.127 e. The van der Waals surface area contributed by atoms with Crippen molar-refractivity contribution in [1.82, 2.24) is 10.3 Å². The number of para-hydroxylation sites is 1. The fraction of sp³-hybridized carbons (Fsp3) is 0.438. The van der Waals surface area contributed by atoms with Gasteiger partial charge in [0, 0.05) is 16.6 Å². The first kappa shape index (κ1) is 13.6. The van der Waals surface area contributed by atoms with Gasteiger partial charge in [-0.15, -0.1) is 11.3 Å². The molecule has 0 radical (unpaired) electrons. The Kier molecular flexibility index (Phi) is 4.03. The molecule has 1 unspecified atom stereocenters. The van der Waals surface area contributed by atoms with E-state index in [2.05, 4.69) is 35.4 Å². The van der Waals surface area contributed by atoms with Crippen LogP contribution in [0.25, 0.3) is 0 Å². The molecule has 2 aromatic rings. The minimum Gasteiger partial charge on any atom is -0.493 e. The Balaban J connectivity index is 2.03. The Morgan fingerprint density at radius 3 is 3.10 bits per heavy atom. The number of benzene rings is 1.